The van der Waals surface area contributed by atoms with E-state index in [4.69, 9.17) is 4.42 Å². The van der Waals surface area contributed by atoms with Gasteiger partial charge in [-0.2, -0.15) is 0 Å². The molecule has 0 aromatic carbocycles. The molecular formula is C12H19BrN2OSSi. The zero-order valence-corrected chi connectivity index (χ0v) is 14.6. The zero-order valence-electron chi connectivity index (χ0n) is 11.2. The lowest BCUT2D eigenvalue weighted by Crippen LogP contribution is -3.00. The molecular weight excluding hydrogens is 328 g/mol. The highest BCUT2D eigenvalue weighted by molar-refractivity contribution is 7.98. The van der Waals surface area contributed by atoms with Gasteiger partial charge in [0, 0.05) is 13.1 Å². The van der Waals surface area contributed by atoms with Gasteiger partial charge in [0.2, 0.25) is 5.58 Å². The Morgan fingerprint density at radius 2 is 2.11 bits per heavy atom. The monoisotopic (exact) mass is 346 g/mol. The molecule has 0 bridgehead atoms. The summed E-state index contributed by atoms with van der Waals surface area (Å²) in [6, 6.07) is 5.27. The first-order valence-electron chi connectivity index (χ1n) is 5.82. The second-order valence-corrected chi connectivity index (χ2v) is 11.8. The Morgan fingerprint density at radius 3 is 2.72 bits per heavy atom. The molecule has 100 valence electrons. The number of oxazole rings is 1. The van der Waals surface area contributed by atoms with Gasteiger partial charge in [0.1, 0.15) is 0 Å². The summed E-state index contributed by atoms with van der Waals surface area (Å²) in [5.74, 6) is 0. The number of halogens is 1. The molecule has 0 saturated heterocycles. The van der Waals surface area contributed by atoms with E-state index >= 15 is 0 Å². The Morgan fingerprint density at radius 1 is 1.39 bits per heavy atom. The van der Waals surface area contributed by atoms with Gasteiger partial charge in [-0.05, 0) is 36.2 Å². The largest absolute Gasteiger partial charge is 1.00 e. The molecule has 3 nitrogen and oxygen atoms in total. The minimum Gasteiger partial charge on any atom is -1.00 e. The third kappa shape index (κ3) is 3.83. The number of thioether (sulfide) groups is 1. The number of fused-ring (bicyclic) bond motifs is 1. The van der Waals surface area contributed by atoms with Crippen LogP contribution in [0.5, 0.6) is 0 Å². The Kier molecular flexibility index (Phi) is 5.42. The maximum absolute atomic E-state index is 5.63. The lowest BCUT2D eigenvalue weighted by atomic mass is 10.4. The fraction of sp³-hybridized carbons (Fsp3) is 0.500. The molecule has 0 aliphatic carbocycles. The van der Waals surface area contributed by atoms with Gasteiger partial charge in [0.05, 0.1) is 12.7 Å². The lowest BCUT2D eigenvalue weighted by molar-refractivity contribution is -0.669. The Labute approximate surface area is 124 Å². The van der Waals surface area contributed by atoms with Crippen molar-refractivity contribution in [2.24, 2.45) is 0 Å². The topological polar surface area (TPSA) is 29.9 Å². The molecule has 0 amide bonds. The summed E-state index contributed by atoms with van der Waals surface area (Å²) in [7, 11) is -1.01. The van der Waals surface area contributed by atoms with Gasteiger partial charge in [-0.25, -0.2) is 4.57 Å². The van der Waals surface area contributed by atoms with Gasteiger partial charge >= 0.3 is 10.9 Å². The third-order valence-electron chi connectivity index (χ3n) is 2.68. The maximum Gasteiger partial charge on any atom is 0.371 e. The molecule has 0 radical (unpaired) electrons. The fourth-order valence-corrected chi connectivity index (χ4v) is 2.91. The lowest BCUT2D eigenvalue weighted by Gasteiger charge is -2.13. The van der Waals surface area contributed by atoms with Crippen LogP contribution in [0.2, 0.25) is 25.7 Å². The quantitative estimate of drug-likeness (QED) is 0.449. The predicted molar refractivity (Wildman–Crippen MR) is 74.1 cm³/mol. The van der Waals surface area contributed by atoms with Crippen molar-refractivity contribution in [3.8, 4) is 0 Å². The average Bonchev–Trinajstić information content (AvgIpc) is 2.68. The molecule has 0 aliphatic rings. The average molecular weight is 347 g/mol. The normalized spacial score (nSPS) is 11.6. The highest BCUT2D eigenvalue weighted by atomic mass is 79.9. The van der Waals surface area contributed by atoms with E-state index in [0.717, 1.165) is 23.0 Å². The van der Waals surface area contributed by atoms with E-state index in [0.29, 0.717) is 0 Å². The van der Waals surface area contributed by atoms with Crippen molar-refractivity contribution in [3.63, 3.8) is 0 Å². The molecule has 2 rings (SSSR count). The van der Waals surface area contributed by atoms with Crippen LogP contribution < -0.4 is 21.5 Å². The Hall–Kier alpha value is -0.333. The maximum atomic E-state index is 5.63. The van der Waals surface area contributed by atoms with Crippen LogP contribution >= 0.6 is 11.8 Å². The minimum absolute atomic E-state index is 0. The van der Waals surface area contributed by atoms with Crippen molar-refractivity contribution in [2.45, 2.75) is 37.5 Å². The van der Waals surface area contributed by atoms with E-state index in [2.05, 4.69) is 35.4 Å². The number of rotatable bonds is 4. The number of nitrogens with zero attached hydrogens (tertiary/aromatic N) is 2. The first-order valence-corrected chi connectivity index (χ1v) is 10.8. The highest BCUT2D eigenvalue weighted by Gasteiger charge is 2.20. The fourth-order valence-electron chi connectivity index (χ4n) is 1.65. The molecule has 0 spiro atoms. The molecule has 0 saturated carbocycles. The van der Waals surface area contributed by atoms with Crippen LogP contribution in [0.15, 0.2) is 28.0 Å². The molecule has 6 heteroatoms. The summed E-state index contributed by atoms with van der Waals surface area (Å²) in [6.07, 6.45) is 4.08. The van der Waals surface area contributed by atoms with E-state index in [1.807, 2.05) is 18.4 Å². The van der Waals surface area contributed by atoms with Gasteiger partial charge in [0.15, 0.2) is 0 Å². The van der Waals surface area contributed by atoms with Crippen molar-refractivity contribution < 1.29 is 26.0 Å². The molecule has 0 atom stereocenters. The number of aryl methyl sites for hydroxylation is 1. The smallest absolute Gasteiger partial charge is 0.371 e. The summed E-state index contributed by atoms with van der Waals surface area (Å²) >= 11 is 1.54. The minimum atomic E-state index is -1.01. The van der Waals surface area contributed by atoms with E-state index < -0.39 is 8.07 Å². The van der Waals surface area contributed by atoms with E-state index in [1.165, 1.54) is 6.04 Å². The first kappa shape index (κ1) is 15.7. The van der Waals surface area contributed by atoms with Crippen LogP contribution in [0, 0.1) is 0 Å². The summed E-state index contributed by atoms with van der Waals surface area (Å²) in [5, 5.41) is 0.743. The summed E-state index contributed by atoms with van der Waals surface area (Å²) < 4.78 is 7.84. The number of aromatic nitrogens is 2. The van der Waals surface area contributed by atoms with Crippen molar-refractivity contribution in [1.29, 1.82) is 0 Å². The van der Waals surface area contributed by atoms with Crippen LogP contribution in [0.3, 0.4) is 0 Å². The molecule has 2 aromatic heterocycles. The molecule has 0 N–H and O–H groups in total. The zero-order chi connectivity index (χ0) is 12.5. The molecule has 2 heterocycles. The van der Waals surface area contributed by atoms with Crippen LogP contribution in [-0.4, -0.2) is 19.3 Å². The molecule has 0 fully saturated rings. The highest BCUT2D eigenvalue weighted by Crippen LogP contribution is 2.19. The second-order valence-electron chi connectivity index (χ2n) is 5.38. The van der Waals surface area contributed by atoms with Gasteiger partial charge in [-0.15, -0.1) is 0 Å². The van der Waals surface area contributed by atoms with E-state index in [-0.39, 0.29) is 17.0 Å². The van der Waals surface area contributed by atoms with Crippen molar-refractivity contribution in [3.05, 3.63) is 18.3 Å². The van der Waals surface area contributed by atoms with Crippen molar-refractivity contribution >= 4 is 31.1 Å². The number of hydrogen-bond acceptors (Lipinski definition) is 3. The third-order valence-corrected chi connectivity index (χ3v) is 4.93. The van der Waals surface area contributed by atoms with Crippen molar-refractivity contribution in [1.82, 2.24) is 4.98 Å². The first-order chi connectivity index (χ1) is 7.99. The van der Waals surface area contributed by atoms with Gasteiger partial charge in [0.25, 0.3) is 0 Å². The molecule has 2 aromatic rings. The summed E-state index contributed by atoms with van der Waals surface area (Å²) in [6.45, 7) is 8.21. The number of pyridine rings is 1. The van der Waals surface area contributed by atoms with E-state index in [1.54, 1.807) is 11.8 Å². The van der Waals surface area contributed by atoms with Crippen LogP contribution in [-0.2, 0) is 6.54 Å². The van der Waals surface area contributed by atoms with Crippen LogP contribution in [0.25, 0.3) is 11.2 Å². The summed E-state index contributed by atoms with van der Waals surface area (Å²) in [4.78, 5) is 4.51. The molecule has 0 aliphatic heterocycles. The predicted octanol–water partition coefficient (Wildman–Crippen LogP) is 0.179. The molecule has 0 unspecified atom stereocenters. The number of hydrogen-bond donors (Lipinski definition) is 0. The van der Waals surface area contributed by atoms with Crippen LogP contribution in [0.4, 0.5) is 0 Å². The van der Waals surface area contributed by atoms with E-state index in [9.17, 15) is 0 Å². The Bertz CT molecular complexity index is 524. The van der Waals surface area contributed by atoms with Crippen LogP contribution in [0.1, 0.15) is 0 Å². The van der Waals surface area contributed by atoms with Gasteiger partial charge in [-0.1, -0.05) is 19.6 Å². The van der Waals surface area contributed by atoms with Gasteiger partial charge < -0.3 is 21.4 Å². The van der Waals surface area contributed by atoms with Gasteiger partial charge in [-0.3, -0.25) is 0 Å². The second kappa shape index (κ2) is 6.21. The standard InChI is InChI=1S/C12H19N2OSSi.BrH/c1-16-12-13-11-10(15-12)6-5-7-14(11)8-9-17(2,3)4;/h5-7H,8-9H2,1-4H3;1H/q+1;/p-1. The van der Waals surface area contributed by atoms with Crippen molar-refractivity contribution in [2.75, 3.05) is 6.26 Å². The SMILES string of the molecule is CSc1nc2c(ccc[n+]2CC[Si](C)(C)C)o1.[Br-]. The Balaban J connectivity index is 0.00000162. The molecule has 18 heavy (non-hydrogen) atoms. The summed E-state index contributed by atoms with van der Waals surface area (Å²) in [5.41, 5.74) is 1.85.